The van der Waals surface area contributed by atoms with Crippen LogP contribution in [-0.4, -0.2) is 25.0 Å². The molecule has 1 aliphatic rings. The summed E-state index contributed by atoms with van der Waals surface area (Å²) >= 11 is 0. The van der Waals surface area contributed by atoms with Crippen molar-refractivity contribution >= 4 is 7.14 Å². The largest absolute Gasteiger partial charge is 0.328 e. The number of rotatable bonds is 1. The second-order valence-electron chi connectivity index (χ2n) is 4.01. The van der Waals surface area contributed by atoms with Gasteiger partial charge in [0.1, 0.15) is 0 Å². The first-order valence-corrected chi connectivity index (χ1v) is 6.97. The minimum absolute atomic E-state index is 0.307. The van der Waals surface area contributed by atoms with Crippen molar-refractivity contribution < 1.29 is 4.57 Å². The van der Waals surface area contributed by atoms with Gasteiger partial charge in [-0.15, -0.1) is 0 Å². The first kappa shape index (κ1) is 9.28. The van der Waals surface area contributed by atoms with Gasteiger partial charge in [0, 0.05) is 11.7 Å². The lowest BCUT2D eigenvalue weighted by molar-refractivity contribution is 0.435. The zero-order valence-corrected chi connectivity index (χ0v) is 8.31. The van der Waals surface area contributed by atoms with Crippen LogP contribution >= 0.6 is 7.14 Å². The van der Waals surface area contributed by atoms with E-state index < -0.39 is 7.14 Å². The molecule has 1 saturated carbocycles. The van der Waals surface area contributed by atoms with Crippen molar-refractivity contribution in [1.29, 1.82) is 0 Å². The van der Waals surface area contributed by atoms with Crippen molar-refractivity contribution in [2.24, 2.45) is 5.73 Å². The van der Waals surface area contributed by atoms with Gasteiger partial charge in [-0.2, -0.15) is 0 Å². The first-order valence-electron chi connectivity index (χ1n) is 4.30. The lowest BCUT2D eigenvalue weighted by Gasteiger charge is -2.29. The molecule has 11 heavy (non-hydrogen) atoms. The highest BCUT2D eigenvalue weighted by molar-refractivity contribution is 7.63. The van der Waals surface area contributed by atoms with Gasteiger partial charge in [-0.05, 0) is 32.6 Å². The summed E-state index contributed by atoms with van der Waals surface area (Å²) < 4.78 is 11.7. The highest BCUT2D eigenvalue weighted by Gasteiger charge is 2.27. The van der Waals surface area contributed by atoms with E-state index in [4.69, 9.17) is 5.73 Å². The van der Waals surface area contributed by atoms with Crippen LogP contribution in [0.15, 0.2) is 0 Å². The molecule has 0 radical (unpaired) electrons. The van der Waals surface area contributed by atoms with Crippen molar-refractivity contribution in [2.75, 3.05) is 13.3 Å². The molecule has 66 valence electrons. The fraction of sp³-hybridized carbons (Fsp3) is 1.00. The van der Waals surface area contributed by atoms with E-state index in [1.807, 2.05) is 13.3 Å². The molecule has 2 N–H and O–H groups in total. The molecular formula is C8H18NOP. The van der Waals surface area contributed by atoms with Gasteiger partial charge in [0.05, 0.1) is 7.14 Å². The van der Waals surface area contributed by atoms with Crippen LogP contribution in [0.5, 0.6) is 0 Å². The van der Waals surface area contributed by atoms with Crippen LogP contribution in [0.4, 0.5) is 0 Å². The average molecular weight is 175 g/mol. The van der Waals surface area contributed by atoms with Crippen LogP contribution in [0.1, 0.15) is 25.7 Å². The van der Waals surface area contributed by atoms with Crippen molar-refractivity contribution in [2.45, 2.75) is 37.4 Å². The summed E-state index contributed by atoms with van der Waals surface area (Å²) in [6, 6.07) is 0.307. The summed E-state index contributed by atoms with van der Waals surface area (Å²) in [7, 11) is -1.86. The minimum atomic E-state index is -1.86. The molecule has 0 aliphatic heterocycles. The van der Waals surface area contributed by atoms with E-state index in [-0.39, 0.29) is 0 Å². The Labute approximate surface area is 68.9 Å². The molecule has 1 rings (SSSR count). The summed E-state index contributed by atoms with van der Waals surface area (Å²) in [6.45, 7) is 3.77. The third-order valence-electron chi connectivity index (χ3n) is 2.57. The van der Waals surface area contributed by atoms with Crippen molar-refractivity contribution in [3.8, 4) is 0 Å². The van der Waals surface area contributed by atoms with Gasteiger partial charge >= 0.3 is 0 Å². The fourth-order valence-electron chi connectivity index (χ4n) is 1.77. The maximum absolute atomic E-state index is 11.7. The molecule has 0 amide bonds. The van der Waals surface area contributed by atoms with Crippen LogP contribution < -0.4 is 5.73 Å². The standard InChI is InChI=1S/C8H18NOP/c1-11(2,10)8-5-3-4-7(9)6-8/h7-8H,3-6,9H2,1-2H3. The SMILES string of the molecule is CP(C)(=O)C1CCCC(N)C1. The number of nitrogens with two attached hydrogens (primary N) is 1. The molecule has 0 bridgehead atoms. The molecule has 0 aromatic rings. The predicted octanol–water partition coefficient (Wildman–Crippen LogP) is 1.88. The van der Waals surface area contributed by atoms with E-state index in [0.717, 1.165) is 25.7 Å². The van der Waals surface area contributed by atoms with Crippen molar-refractivity contribution in [3.63, 3.8) is 0 Å². The van der Waals surface area contributed by atoms with E-state index in [1.165, 1.54) is 0 Å². The van der Waals surface area contributed by atoms with E-state index in [0.29, 0.717) is 11.7 Å². The van der Waals surface area contributed by atoms with Crippen LogP contribution in [0, 0.1) is 0 Å². The summed E-state index contributed by atoms with van der Waals surface area (Å²) in [4.78, 5) is 0. The molecule has 0 saturated heterocycles. The second-order valence-corrected chi connectivity index (χ2v) is 7.61. The number of hydrogen-bond acceptors (Lipinski definition) is 2. The maximum Gasteiger partial charge on any atom is 0.0849 e. The van der Waals surface area contributed by atoms with Gasteiger partial charge in [0.2, 0.25) is 0 Å². The normalized spacial score (nSPS) is 33.7. The molecular weight excluding hydrogens is 157 g/mol. The topological polar surface area (TPSA) is 43.1 Å². The van der Waals surface area contributed by atoms with Gasteiger partial charge < -0.3 is 10.3 Å². The smallest absolute Gasteiger partial charge is 0.0849 e. The fourth-order valence-corrected chi connectivity index (χ4v) is 3.35. The molecule has 2 nitrogen and oxygen atoms in total. The quantitative estimate of drug-likeness (QED) is 0.618. The third-order valence-corrected chi connectivity index (χ3v) is 4.79. The zero-order chi connectivity index (χ0) is 8.48. The average Bonchev–Trinajstić information content (AvgIpc) is 1.86. The Morgan fingerprint density at radius 2 is 2.00 bits per heavy atom. The van der Waals surface area contributed by atoms with Gasteiger partial charge in [-0.25, -0.2) is 0 Å². The Bertz CT molecular complexity index is 175. The van der Waals surface area contributed by atoms with Gasteiger partial charge in [-0.1, -0.05) is 6.42 Å². The van der Waals surface area contributed by atoms with E-state index >= 15 is 0 Å². The Hall–Kier alpha value is 0.190. The van der Waals surface area contributed by atoms with Gasteiger partial charge in [-0.3, -0.25) is 0 Å². The van der Waals surface area contributed by atoms with Crippen LogP contribution in [0.25, 0.3) is 0 Å². The molecule has 0 spiro atoms. The lowest BCUT2D eigenvalue weighted by Crippen LogP contribution is -2.30. The molecule has 2 atom stereocenters. The van der Waals surface area contributed by atoms with Crippen molar-refractivity contribution in [3.05, 3.63) is 0 Å². The molecule has 0 heterocycles. The van der Waals surface area contributed by atoms with Crippen LogP contribution in [0.3, 0.4) is 0 Å². The summed E-state index contributed by atoms with van der Waals surface area (Å²) in [6.07, 6.45) is 4.39. The van der Waals surface area contributed by atoms with E-state index in [2.05, 4.69) is 0 Å². The van der Waals surface area contributed by atoms with Crippen molar-refractivity contribution in [1.82, 2.24) is 0 Å². The molecule has 2 unspecified atom stereocenters. The first-order chi connectivity index (χ1) is 5.00. The lowest BCUT2D eigenvalue weighted by atomic mass is 9.96. The monoisotopic (exact) mass is 175 g/mol. The molecule has 1 fully saturated rings. The van der Waals surface area contributed by atoms with E-state index in [1.54, 1.807) is 0 Å². The highest BCUT2D eigenvalue weighted by Crippen LogP contribution is 2.48. The van der Waals surface area contributed by atoms with E-state index in [9.17, 15) is 4.57 Å². The Balaban J connectivity index is 2.53. The molecule has 3 heteroatoms. The van der Waals surface area contributed by atoms with Crippen LogP contribution in [0.2, 0.25) is 0 Å². The predicted molar refractivity (Wildman–Crippen MR) is 49.7 cm³/mol. The highest BCUT2D eigenvalue weighted by atomic mass is 31.2. The summed E-state index contributed by atoms with van der Waals surface area (Å²) in [5, 5.41) is 0. The molecule has 0 aromatic heterocycles. The molecule has 1 aliphatic carbocycles. The second kappa shape index (κ2) is 3.28. The summed E-state index contributed by atoms with van der Waals surface area (Å²) in [5.74, 6) is 0. The van der Waals surface area contributed by atoms with Gasteiger partial charge in [0.25, 0.3) is 0 Å². The molecule has 0 aromatic carbocycles. The minimum Gasteiger partial charge on any atom is -0.328 e. The zero-order valence-electron chi connectivity index (χ0n) is 7.42. The van der Waals surface area contributed by atoms with Crippen LogP contribution in [-0.2, 0) is 4.57 Å². The summed E-state index contributed by atoms with van der Waals surface area (Å²) in [5.41, 5.74) is 6.21. The number of hydrogen-bond donors (Lipinski definition) is 1. The Kier molecular flexibility index (Phi) is 2.77. The third kappa shape index (κ3) is 2.61. The Morgan fingerprint density at radius 1 is 1.36 bits per heavy atom. The Morgan fingerprint density at radius 3 is 2.36 bits per heavy atom. The van der Waals surface area contributed by atoms with Gasteiger partial charge in [0.15, 0.2) is 0 Å². The maximum atomic E-state index is 11.7.